The molecule has 0 atom stereocenters. The summed E-state index contributed by atoms with van der Waals surface area (Å²) in [6, 6.07) is 6.86. The molecule has 0 aliphatic rings. The largest absolute Gasteiger partial charge is 0.412 e. The van der Waals surface area contributed by atoms with Crippen LogP contribution in [-0.2, 0) is 0 Å². The Bertz CT molecular complexity index is 490. The predicted molar refractivity (Wildman–Crippen MR) is 48.5 cm³/mol. The molecule has 0 aliphatic carbocycles. The Morgan fingerprint density at radius 1 is 1.38 bits per heavy atom. The van der Waals surface area contributed by atoms with E-state index in [0.29, 0.717) is 5.65 Å². The second-order valence-corrected chi connectivity index (χ2v) is 2.56. The van der Waals surface area contributed by atoms with E-state index in [0.717, 1.165) is 10.1 Å². The van der Waals surface area contributed by atoms with Gasteiger partial charge in [-0.25, -0.2) is 4.98 Å². The fourth-order valence-corrected chi connectivity index (χ4v) is 1.22. The van der Waals surface area contributed by atoms with Crippen LogP contribution in [0.5, 0.6) is 0 Å². The Hall–Kier alpha value is -1.84. The van der Waals surface area contributed by atoms with Crippen molar-refractivity contribution in [1.29, 1.82) is 0 Å². The number of rotatable bonds is 1. The van der Waals surface area contributed by atoms with Crippen molar-refractivity contribution in [3.05, 3.63) is 40.8 Å². The molecule has 0 radical (unpaired) electrons. The highest BCUT2D eigenvalue weighted by Crippen LogP contribution is 2.05. The fourth-order valence-electron chi connectivity index (χ4n) is 1.22. The van der Waals surface area contributed by atoms with E-state index in [1.54, 1.807) is 12.3 Å². The van der Waals surface area contributed by atoms with E-state index < -0.39 is 0 Å². The van der Waals surface area contributed by atoms with Crippen molar-refractivity contribution >= 4 is 11.0 Å². The Kier molecular flexibility index (Phi) is 1.73. The molecule has 2 heterocycles. The highest BCUT2D eigenvalue weighted by atomic mass is 16.6. The summed E-state index contributed by atoms with van der Waals surface area (Å²) in [5, 5.41) is 0.879. The lowest BCUT2D eigenvalue weighted by Gasteiger charge is -2.04. The molecule has 0 amide bonds. The number of fused-ring (bicyclic) bond motifs is 1. The van der Waals surface area contributed by atoms with Crippen LogP contribution < -0.4 is 10.4 Å². The maximum Gasteiger partial charge on any atom is 0.285 e. The molecule has 0 aliphatic heterocycles. The van der Waals surface area contributed by atoms with Crippen molar-refractivity contribution in [1.82, 2.24) is 9.71 Å². The molecule has 0 bridgehead atoms. The van der Waals surface area contributed by atoms with Gasteiger partial charge in [-0.1, -0.05) is 0 Å². The van der Waals surface area contributed by atoms with Crippen LogP contribution in [0, 0.1) is 0 Å². The van der Waals surface area contributed by atoms with Crippen LogP contribution in [0.4, 0.5) is 0 Å². The zero-order chi connectivity index (χ0) is 9.26. The number of hydrogen-bond donors (Lipinski definition) is 0. The third-order valence-electron chi connectivity index (χ3n) is 1.80. The lowest BCUT2D eigenvalue weighted by atomic mass is 10.3. The van der Waals surface area contributed by atoms with E-state index in [1.165, 1.54) is 13.2 Å². The molecule has 0 N–H and O–H groups in total. The molecule has 0 aromatic carbocycles. The average Bonchev–Trinajstić information content (AvgIpc) is 2.18. The lowest BCUT2D eigenvalue weighted by Crippen LogP contribution is -2.24. The third kappa shape index (κ3) is 1.16. The maximum absolute atomic E-state index is 11.3. The van der Waals surface area contributed by atoms with Crippen LogP contribution in [0.2, 0.25) is 0 Å². The molecular formula is C9H8N2O2. The predicted octanol–water partition coefficient (Wildman–Crippen LogP) is 0.455. The molecular weight excluding hydrogens is 168 g/mol. The van der Waals surface area contributed by atoms with Gasteiger partial charge >= 0.3 is 0 Å². The number of nitrogens with zero attached hydrogens (tertiary/aromatic N) is 2. The van der Waals surface area contributed by atoms with Gasteiger partial charge in [0.15, 0.2) is 5.65 Å². The van der Waals surface area contributed by atoms with Gasteiger partial charge in [0.25, 0.3) is 5.56 Å². The van der Waals surface area contributed by atoms with Gasteiger partial charge in [0.05, 0.1) is 0 Å². The molecule has 0 fully saturated rings. The fraction of sp³-hybridized carbons (Fsp3) is 0.111. The molecule has 0 unspecified atom stereocenters. The van der Waals surface area contributed by atoms with Crippen LogP contribution in [0.1, 0.15) is 0 Å². The average molecular weight is 176 g/mol. The number of pyridine rings is 2. The summed E-state index contributed by atoms with van der Waals surface area (Å²) in [5.74, 6) is 0. The van der Waals surface area contributed by atoms with Crippen molar-refractivity contribution < 1.29 is 4.84 Å². The van der Waals surface area contributed by atoms with Gasteiger partial charge in [-0.15, -0.1) is 4.73 Å². The molecule has 0 spiro atoms. The maximum atomic E-state index is 11.3. The molecule has 66 valence electrons. The Morgan fingerprint density at radius 3 is 3.00 bits per heavy atom. The summed E-state index contributed by atoms with van der Waals surface area (Å²) in [5.41, 5.74) is 0.325. The summed E-state index contributed by atoms with van der Waals surface area (Å²) >= 11 is 0. The van der Waals surface area contributed by atoms with Crippen molar-refractivity contribution in [2.45, 2.75) is 0 Å². The van der Waals surface area contributed by atoms with Crippen molar-refractivity contribution in [3.8, 4) is 0 Å². The quantitative estimate of drug-likeness (QED) is 0.633. The number of aromatic nitrogens is 2. The molecule has 4 nitrogen and oxygen atoms in total. The van der Waals surface area contributed by atoms with Crippen LogP contribution >= 0.6 is 0 Å². The van der Waals surface area contributed by atoms with E-state index >= 15 is 0 Å². The third-order valence-corrected chi connectivity index (χ3v) is 1.80. The van der Waals surface area contributed by atoms with Gasteiger partial charge in [0.1, 0.15) is 7.11 Å². The SMILES string of the molecule is COn1c(=O)ccc2cccnc21. The zero-order valence-corrected chi connectivity index (χ0v) is 7.10. The zero-order valence-electron chi connectivity index (χ0n) is 7.10. The van der Waals surface area contributed by atoms with Gasteiger partial charge in [-0.2, -0.15) is 0 Å². The van der Waals surface area contributed by atoms with Gasteiger partial charge < -0.3 is 4.84 Å². The summed E-state index contributed by atoms with van der Waals surface area (Å²) < 4.78 is 1.16. The van der Waals surface area contributed by atoms with Crippen molar-refractivity contribution in [2.75, 3.05) is 7.11 Å². The summed E-state index contributed by atoms with van der Waals surface area (Å²) in [6.45, 7) is 0. The minimum atomic E-state index is -0.214. The summed E-state index contributed by atoms with van der Waals surface area (Å²) in [7, 11) is 1.44. The van der Waals surface area contributed by atoms with Gasteiger partial charge in [0, 0.05) is 17.6 Å². The molecule has 2 rings (SSSR count). The van der Waals surface area contributed by atoms with Crippen LogP contribution in [-0.4, -0.2) is 16.8 Å². The highest BCUT2D eigenvalue weighted by Gasteiger charge is 2.01. The van der Waals surface area contributed by atoms with Crippen molar-refractivity contribution in [3.63, 3.8) is 0 Å². The van der Waals surface area contributed by atoms with E-state index in [1.807, 2.05) is 12.1 Å². The Balaban J connectivity index is 2.92. The molecule has 4 heteroatoms. The Morgan fingerprint density at radius 2 is 2.23 bits per heavy atom. The van der Waals surface area contributed by atoms with Crippen LogP contribution in [0.25, 0.3) is 11.0 Å². The standard InChI is InChI=1S/C9H8N2O2/c1-13-11-8(12)5-4-7-3-2-6-10-9(7)11/h2-6H,1H3. The van der Waals surface area contributed by atoms with E-state index in [9.17, 15) is 4.79 Å². The van der Waals surface area contributed by atoms with Gasteiger partial charge in [0.2, 0.25) is 0 Å². The molecule has 0 saturated carbocycles. The molecule has 0 saturated heterocycles. The highest BCUT2D eigenvalue weighted by molar-refractivity contribution is 5.74. The second-order valence-electron chi connectivity index (χ2n) is 2.56. The minimum absolute atomic E-state index is 0.214. The minimum Gasteiger partial charge on any atom is -0.412 e. The van der Waals surface area contributed by atoms with Gasteiger partial charge in [-0.05, 0) is 18.2 Å². The summed E-state index contributed by atoms with van der Waals surface area (Å²) in [4.78, 5) is 20.2. The normalized spacial score (nSPS) is 10.2. The first-order valence-corrected chi connectivity index (χ1v) is 3.84. The van der Waals surface area contributed by atoms with E-state index in [-0.39, 0.29) is 5.56 Å². The smallest absolute Gasteiger partial charge is 0.285 e. The summed E-state index contributed by atoms with van der Waals surface area (Å²) in [6.07, 6.45) is 1.62. The number of hydrogen-bond acceptors (Lipinski definition) is 3. The van der Waals surface area contributed by atoms with E-state index in [4.69, 9.17) is 4.84 Å². The first-order chi connectivity index (χ1) is 6.33. The van der Waals surface area contributed by atoms with E-state index in [2.05, 4.69) is 4.98 Å². The molecule has 13 heavy (non-hydrogen) atoms. The molecule has 2 aromatic heterocycles. The first-order valence-electron chi connectivity index (χ1n) is 3.84. The van der Waals surface area contributed by atoms with Crippen molar-refractivity contribution in [2.24, 2.45) is 0 Å². The van der Waals surface area contributed by atoms with Crippen LogP contribution in [0.3, 0.4) is 0 Å². The Labute approximate surface area is 74.4 Å². The first kappa shape index (κ1) is 7.79. The lowest BCUT2D eigenvalue weighted by molar-refractivity contribution is 0.167. The van der Waals surface area contributed by atoms with Crippen LogP contribution in [0.15, 0.2) is 35.3 Å². The monoisotopic (exact) mass is 176 g/mol. The topological polar surface area (TPSA) is 44.1 Å². The van der Waals surface area contributed by atoms with Gasteiger partial charge in [-0.3, -0.25) is 4.79 Å². The molecule has 2 aromatic rings. The second kappa shape index (κ2) is 2.90.